The first-order chi connectivity index (χ1) is 8.28. The maximum Gasteiger partial charge on any atom is 0.271 e. The van der Waals surface area contributed by atoms with Crippen molar-refractivity contribution in [2.75, 3.05) is 6.54 Å². The highest BCUT2D eigenvalue weighted by Gasteiger charge is 2.17. The van der Waals surface area contributed by atoms with Gasteiger partial charge in [-0.2, -0.15) is 0 Å². The molecule has 1 aromatic rings. The van der Waals surface area contributed by atoms with E-state index < -0.39 is 6.10 Å². The first-order valence-electron chi connectivity index (χ1n) is 5.72. The van der Waals surface area contributed by atoms with Crippen LogP contribution in [0.15, 0.2) is 12.4 Å². The van der Waals surface area contributed by atoms with Gasteiger partial charge in [0.05, 0.1) is 18.5 Å². The molecule has 1 atom stereocenters. The molecule has 2 N–H and O–H groups in total. The second-order valence-electron chi connectivity index (χ2n) is 5.35. The normalized spacial score (nSPS) is 13.2. The van der Waals surface area contributed by atoms with Gasteiger partial charge in [-0.1, -0.05) is 32.4 Å². The lowest BCUT2D eigenvalue weighted by molar-refractivity contribution is 0.0864. The van der Waals surface area contributed by atoms with E-state index in [1.165, 1.54) is 12.4 Å². The summed E-state index contributed by atoms with van der Waals surface area (Å²) in [5.41, 5.74) is 0.201. The number of aliphatic hydroxyl groups excluding tert-OH is 1. The van der Waals surface area contributed by atoms with Crippen molar-refractivity contribution >= 4 is 17.5 Å². The Bertz CT molecular complexity index is 401. The number of hydrogen-bond donors (Lipinski definition) is 2. The SMILES string of the molecule is CC(C)(C)CC(O)CNC(=O)c1cnc(Cl)cn1. The van der Waals surface area contributed by atoms with E-state index in [0.717, 1.165) is 0 Å². The summed E-state index contributed by atoms with van der Waals surface area (Å²) in [7, 11) is 0. The quantitative estimate of drug-likeness (QED) is 0.873. The highest BCUT2D eigenvalue weighted by atomic mass is 35.5. The molecule has 18 heavy (non-hydrogen) atoms. The van der Waals surface area contributed by atoms with Gasteiger partial charge in [-0.05, 0) is 11.8 Å². The number of aliphatic hydroxyl groups is 1. The third-order valence-electron chi connectivity index (χ3n) is 2.20. The smallest absolute Gasteiger partial charge is 0.271 e. The minimum absolute atomic E-state index is 0.0181. The van der Waals surface area contributed by atoms with Crippen molar-refractivity contribution < 1.29 is 9.90 Å². The van der Waals surface area contributed by atoms with Crippen molar-refractivity contribution in [1.82, 2.24) is 15.3 Å². The number of halogens is 1. The maximum absolute atomic E-state index is 11.7. The van der Waals surface area contributed by atoms with Crippen LogP contribution in [0.5, 0.6) is 0 Å². The zero-order valence-corrected chi connectivity index (χ0v) is 11.5. The average molecular weight is 272 g/mol. The van der Waals surface area contributed by atoms with E-state index in [0.29, 0.717) is 6.42 Å². The molecule has 0 aliphatic heterocycles. The molecule has 6 heteroatoms. The summed E-state index contributed by atoms with van der Waals surface area (Å²) in [6.07, 6.45) is 2.64. The number of nitrogens with one attached hydrogen (secondary N) is 1. The average Bonchev–Trinajstić information content (AvgIpc) is 2.24. The third-order valence-corrected chi connectivity index (χ3v) is 2.39. The lowest BCUT2D eigenvalue weighted by Crippen LogP contribution is -2.34. The largest absolute Gasteiger partial charge is 0.391 e. The second-order valence-corrected chi connectivity index (χ2v) is 5.74. The van der Waals surface area contributed by atoms with Gasteiger partial charge < -0.3 is 10.4 Å². The Kier molecular flexibility index (Phi) is 5.04. The Labute approximate surface area is 112 Å². The van der Waals surface area contributed by atoms with E-state index in [-0.39, 0.29) is 28.7 Å². The number of aromatic nitrogens is 2. The number of carbonyl (C=O) groups excluding carboxylic acids is 1. The first kappa shape index (κ1) is 14.9. The summed E-state index contributed by atoms with van der Waals surface area (Å²) in [6, 6.07) is 0. The fraction of sp³-hybridized carbons (Fsp3) is 0.583. The van der Waals surface area contributed by atoms with Crippen molar-refractivity contribution in [3.8, 4) is 0 Å². The summed E-state index contributed by atoms with van der Waals surface area (Å²) in [5, 5.41) is 12.6. The molecule has 0 saturated carbocycles. The van der Waals surface area contributed by atoms with Crippen LogP contribution >= 0.6 is 11.6 Å². The number of rotatable bonds is 4. The molecule has 1 amide bonds. The number of carbonyl (C=O) groups is 1. The van der Waals surface area contributed by atoms with Crippen LogP contribution in [-0.2, 0) is 0 Å². The Morgan fingerprint density at radius 3 is 2.61 bits per heavy atom. The minimum atomic E-state index is -0.575. The van der Waals surface area contributed by atoms with Crippen LogP contribution in [0.4, 0.5) is 0 Å². The molecule has 100 valence electrons. The van der Waals surface area contributed by atoms with Gasteiger partial charge in [0, 0.05) is 6.54 Å². The number of amides is 1. The van der Waals surface area contributed by atoms with E-state index in [1.807, 2.05) is 20.8 Å². The molecule has 0 saturated heterocycles. The van der Waals surface area contributed by atoms with Crippen molar-refractivity contribution in [2.24, 2.45) is 5.41 Å². The fourth-order valence-corrected chi connectivity index (χ4v) is 1.61. The Morgan fingerprint density at radius 1 is 1.44 bits per heavy atom. The van der Waals surface area contributed by atoms with E-state index in [4.69, 9.17) is 11.6 Å². The fourth-order valence-electron chi connectivity index (χ4n) is 1.51. The van der Waals surface area contributed by atoms with Gasteiger partial charge in [-0.15, -0.1) is 0 Å². The zero-order chi connectivity index (χ0) is 13.8. The molecule has 0 bridgehead atoms. The van der Waals surface area contributed by atoms with Gasteiger partial charge in [-0.25, -0.2) is 9.97 Å². The van der Waals surface area contributed by atoms with Crippen LogP contribution in [0.3, 0.4) is 0 Å². The molecule has 0 aromatic carbocycles. The monoisotopic (exact) mass is 271 g/mol. The summed E-state index contributed by atoms with van der Waals surface area (Å²) >= 11 is 5.57. The number of hydrogen-bond acceptors (Lipinski definition) is 4. The molecule has 0 aliphatic rings. The van der Waals surface area contributed by atoms with Crippen LogP contribution in [0.2, 0.25) is 5.15 Å². The predicted molar refractivity (Wildman–Crippen MR) is 69.5 cm³/mol. The first-order valence-corrected chi connectivity index (χ1v) is 6.09. The van der Waals surface area contributed by atoms with Crippen LogP contribution in [0.25, 0.3) is 0 Å². The van der Waals surface area contributed by atoms with E-state index in [9.17, 15) is 9.90 Å². The predicted octanol–water partition coefficient (Wildman–Crippen LogP) is 1.66. The van der Waals surface area contributed by atoms with Crippen LogP contribution < -0.4 is 5.32 Å². The van der Waals surface area contributed by atoms with Gasteiger partial charge >= 0.3 is 0 Å². The van der Waals surface area contributed by atoms with E-state index >= 15 is 0 Å². The van der Waals surface area contributed by atoms with E-state index in [1.54, 1.807) is 0 Å². The standard InChI is InChI=1S/C12H18ClN3O2/c1-12(2,3)4-8(17)5-16-11(18)9-6-15-10(13)7-14-9/h6-8,17H,4-5H2,1-3H3,(H,16,18). The van der Waals surface area contributed by atoms with Crippen molar-refractivity contribution in [1.29, 1.82) is 0 Å². The van der Waals surface area contributed by atoms with Crippen LogP contribution in [0, 0.1) is 5.41 Å². The summed E-state index contributed by atoms with van der Waals surface area (Å²) in [6.45, 7) is 6.29. The van der Waals surface area contributed by atoms with Crippen molar-refractivity contribution in [2.45, 2.75) is 33.3 Å². The minimum Gasteiger partial charge on any atom is -0.391 e. The van der Waals surface area contributed by atoms with Crippen LogP contribution in [-0.4, -0.2) is 33.6 Å². The zero-order valence-electron chi connectivity index (χ0n) is 10.8. The molecular weight excluding hydrogens is 254 g/mol. The van der Waals surface area contributed by atoms with Gasteiger partial charge in [-0.3, -0.25) is 4.79 Å². The lowest BCUT2D eigenvalue weighted by atomic mass is 9.89. The summed E-state index contributed by atoms with van der Waals surface area (Å²) < 4.78 is 0. The van der Waals surface area contributed by atoms with Gasteiger partial charge in [0.15, 0.2) is 0 Å². The van der Waals surface area contributed by atoms with Gasteiger partial charge in [0.1, 0.15) is 10.8 Å². The Morgan fingerprint density at radius 2 is 2.11 bits per heavy atom. The molecule has 5 nitrogen and oxygen atoms in total. The molecule has 0 spiro atoms. The molecule has 1 heterocycles. The van der Waals surface area contributed by atoms with Crippen molar-refractivity contribution in [3.05, 3.63) is 23.2 Å². The molecule has 1 unspecified atom stereocenters. The highest BCUT2D eigenvalue weighted by Crippen LogP contribution is 2.20. The van der Waals surface area contributed by atoms with Crippen LogP contribution in [0.1, 0.15) is 37.7 Å². The number of nitrogens with zero attached hydrogens (tertiary/aromatic N) is 2. The Hall–Kier alpha value is -1.20. The maximum atomic E-state index is 11.7. The molecule has 1 aromatic heterocycles. The Balaban J connectivity index is 2.44. The highest BCUT2D eigenvalue weighted by molar-refractivity contribution is 6.29. The van der Waals surface area contributed by atoms with Crippen molar-refractivity contribution in [3.63, 3.8) is 0 Å². The van der Waals surface area contributed by atoms with Gasteiger partial charge in [0.25, 0.3) is 5.91 Å². The molecular formula is C12H18ClN3O2. The lowest BCUT2D eigenvalue weighted by Gasteiger charge is -2.22. The topological polar surface area (TPSA) is 75.1 Å². The second kappa shape index (κ2) is 6.11. The van der Waals surface area contributed by atoms with Gasteiger partial charge in [0.2, 0.25) is 0 Å². The summed E-state index contributed by atoms with van der Waals surface area (Å²) in [4.78, 5) is 19.3. The molecule has 0 fully saturated rings. The van der Waals surface area contributed by atoms with E-state index in [2.05, 4.69) is 15.3 Å². The molecule has 1 rings (SSSR count). The molecule has 0 radical (unpaired) electrons. The summed E-state index contributed by atoms with van der Waals surface area (Å²) in [5.74, 6) is -0.368. The molecule has 0 aliphatic carbocycles. The third kappa shape index (κ3) is 5.42.